The zero-order chi connectivity index (χ0) is 11.6. The zero-order valence-electron chi connectivity index (χ0n) is 11.0. The molecule has 0 aromatic rings. The van der Waals surface area contributed by atoms with Crippen LogP contribution >= 0.6 is 0 Å². The Kier molecular flexibility index (Phi) is 3.91. The molecule has 2 N–H and O–H groups in total. The second-order valence-corrected chi connectivity index (χ2v) is 6.30. The van der Waals surface area contributed by atoms with Crippen LogP contribution in [-0.2, 0) is 0 Å². The van der Waals surface area contributed by atoms with E-state index in [1.165, 1.54) is 51.6 Å². The van der Waals surface area contributed by atoms with Crippen molar-refractivity contribution in [1.82, 2.24) is 4.90 Å². The van der Waals surface area contributed by atoms with Crippen LogP contribution in [0.1, 0.15) is 52.4 Å². The Labute approximate surface area is 101 Å². The lowest BCUT2D eigenvalue weighted by Gasteiger charge is -2.50. The summed E-state index contributed by atoms with van der Waals surface area (Å²) in [5, 5.41) is 0. The summed E-state index contributed by atoms with van der Waals surface area (Å²) in [4.78, 5) is 2.72. The Balaban J connectivity index is 2.02. The highest BCUT2D eigenvalue weighted by Gasteiger charge is 2.39. The van der Waals surface area contributed by atoms with Crippen molar-refractivity contribution in [3.63, 3.8) is 0 Å². The number of piperidine rings is 1. The summed E-state index contributed by atoms with van der Waals surface area (Å²) in [6.07, 6.45) is 8.20. The lowest BCUT2D eigenvalue weighted by atomic mass is 9.74. The first-order valence-corrected chi connectivity index (χ1v) is 7.11. The van der Waals surface area contributed by atoms with Gasteiger partial charge in [0.2, 0.25) is 0 Å². The molecule has 2 rings (SSSR count). The first kappa shape index (κ1) is 12.4. The number of nitrogens with two attached hydrogens (primary N) is 1. The summed E-state index contributed by atoms with van der Waals surface area (Å²) in [6, 6.07) is 0. The van der Waals surface area contributed by atoms with Gasteiger partial charge in [0, 0.05) is 12.1 Å². The minimum absolute atomic E-state index is 0.359. The van der Waals surface area contributed by atoms with Gasteiger partial charge in [-0.15, -0.1) is 0 Å². The molecule has 0 radical (unpaired) electrons. The van der Waals surface area contributed by atoms with Crippen LogP contribution in [0.2, 0.25) is 0 Å². The third-order valence-electron chi connectivity index (χ3n) is 4.90. The lowest BCUT2D eigenvalue weighted by molar-refractivity contribution is 0.0148. The van der Waals surface area contributed by atoms with Gasteiger partial charge < -0.3 is 5.73 Å². The maximum atomic E-state index is 6.12. The van der Waals surface area contributed by atoms with E-state index >= 15 is 0 Å². The van der Waals surface area contributed by atoms with Gasteiger partial charge in [0.25, 0.3) is 0 Å². The van der Waals surface area contributed by atoms with Crippen LogP contribution in [0.3, 0.4) is 0 Å². The standard InChI is InChI=1S/C14H28N2/c1-12-5-8-16(9-6-12)14(11-15)7-3-4-13(2)10-14/h12-13H,3-11,15H2,1-2H3. The van der Waals surface area contributed by atoms with Crippen molar-refractivity contribution < 1.29 is 0 Å². The number of hydrogen-bond acceptors (Lipinski definition) is 2. The molecule has 1 saturated heterocycles. The lowest BCUT2D eigenvalue weighted by Crippen LogP contribution is -2.58. The monoisotopic (exact) mass is 224 g/mol. The van der Waals surface area contributed by atoms with Crippen LogP contribution in [0.5, 0.6) is 0 Å². The number of hydrogen-bond donors (Lipinski definition) is 1. The summed E-state index contributed by atoms with van der Waals surface area (Å²) in [5.74, 6) is 1.80. The van der Waals surface area contributed by atoms with Gasteiger partial charge in [-0.3, -0.25) is 4.90 Å². The predicted molar refractivity (Wildman–Crippen MR) is 69.4 cm³/mol. The van der Waals surface area contributed by atoms with Crippen LogP contribution < -0.4 is 5.73 Å². The van der Waals surface area contributed by atoms with Crippen molar-refractivity contribution in [3.8, 4) is 0 Å². The highest BCUT2D eigenvalue weighted by molar-refractivity contribution is 4.97. The molecule has 2 unspecified atom stereocenters. The SMILES string of the molecule is CC1CCN(C2(CN)CCCC(C)C2)CC1. The van der Waals surface area contributed by atoms with Gasteiger partial charge in [0.1, 0.15) is 0 Å². The van der Waals surface area contributed by atoms with E-state index in [1.54, 1.807) is 0 Å². The highest BCUT2D eigenvalue weighted by Crippen LogP contribution is 2.38. The fourth-order valence-corrected chi connectivity index (χ4v) is 3.72. The van der Waals surface area contributed by atoms with Gasteiger partial charge in [-0.05, 0) is 50.6 Å². The largest absolute Gasteiger partial charge is 0.329 e. The number of likely N-dealkylation sites (tertiary alicyclic amines) is 1. The van der Waals surface area contributed by atoms with Gasteiger partial charge in [-0.2, -0.15) is 0 Å². The summed E-state index contributed by atoms with van der Waals surface area (Å²) in [7, 11) is 0. The summed E-state index contributed by atoms with van der Waals surface area (Å²) in [6.45, 7) is 8.22. The Morgan fingerprint density at radius 3 is 2.38 bits per heavy atom. The molecule has 94 valence electrons. The van der Waals surface area contributed by atoms with E-state index in [0.717, 1.165) is 18.4 Å². The first-order chi connectivity index (χ1) is 7.66. The molecular weight excluding hydrogens is 196 g/mol. The van der Waals surface area contributed by atoms with E-state index in [4.69, 9.17) is 5.73 Å². The topological polar surface area (TPSA) is 29.3 Å². The van der Waals surface area contributed by atoms with E-state index in [-0.39, 0.29) is 0 Å². The van der Waals surface area contributed by atoms with Crippen molar-refractivity contribution in [2.24, 2.45) is 17.6 Å². The van der Waals surface area contributed by atoms with Crippen LogP contribution in [0.15, 0.2) is 0 Å². The van der Waals surface area contributed by atoms with Gasteiger partial charge in [0.15, 0.2) is 0 Å². The summed E-state index contributed by atoms with van der Waals surface area (Å²) in [5.41, 5.74) is 6.48. The minimum Gasteiger partial charge on any atom is -0.329 e. The molecule has 2 aliphatic rings. The molecule has 1 heterocycles. The summed E-state index contributed by atoms with van der Waals surface area (Å²) >= 11 is 0. The smallest absolute Gasteiger partial charge is 0.0334 e. The Bertz CT molecular complexity index is 221. The van der Waals surface area contributed by atoms with Crippen molar-refractivity contribution in [2.75, 3.05) is 19.6 Å². The highest BCUT2D eigenvalue weighted by atomic mass is 15.2. The molecule has 2 atom stereocenters. The normalized spacial score (nSPS) is 38.8. The summed E-state index contributed by atoms with van der Waals surface area (Å²) < 4.78 is 0. The predicted octanol–water partition coefficient (Wildman–Crippen LogP) is 2.63. The van der Waals surface area contributed by atoms with Crippen LogP contribution in [-0.4, -0.2) is 30.1 Å². The molecule has 0 amide bonds. The molecule has 0 aromatic heterocycles. The van der Waals surface area contributed by atoms with Gasteiger partial charge >= 0.3 is 0 Å². The quantitative estimate of drug-likeness (QED) is 0.781. The molecule has 1 aliphatic heterocycles. The molecule has 1 aliphatic carbocycles. The Morgan fingerprint density at radius 2 is 1.81 bits per heavy atom. The maximum absolute atomic E-state index is 6.12. The van der Waals surface area contributed by atoms with E-state index < -0.39 is 0 Å². The van der Waals surface area contributed by atoms with Gasteiger partial charge in [-0.25, -0.2) is 0 Å². The second-order valence-electron chi connectivity index (χ2n) is 6.30. The van der Waals surface area contributed by atoms with E-state index in [9.17, 15) is 0 Å². The second kappa shape index (κ2) is 5.05. The maximum Gasteiger partial charge on any atom is 0.0334 e. The molecule has 2 nitrogen and oxygen atoms in total. The van der Waals surface area contributed by atoms with Crippen LogP contribution in [0.4, 0.5) is 0 Å². The molecule has 2 heteroatoms. The van der Waals surface area contributed by atoms with Gasteiger partial charge in [-0.1, -0.05) is 26.7 Å². The van der Waals surface area contributed by atoms with Gasteiger partial charge in [0.05, 0.1) is 0 Å². The van der Waals surface area contributed by atoms with E-state index in [1.807, 2.05) is 0 Å². The molecule has 0 bridgehead atoms. The average molecular weight is 224 g/mol. The molecular formula is C14H28N2. The zero-order valence-corrected chi connectivity index (χ0v) is 11.0. The van der Waals surface area contributed by atoms with Crippen LogP contribution in [0.25, 0.3) is 0 Å². The van der Waals surface area contributed by atoms with Crippen molar-refractivity contribution in [1.29, 1.82) is 0 Å². The van der Waals surface area contributed by atoms with E-state index in [2.05, 4.69) is 18.7 Å². The number of rotatable bonds is 2. The average Bonchev–Trinajstić information content (AvgIpc) is 2.29. The molecule has 0 spiro atoms. The molecule has 1 saturated carbocycles. The van der Waals surface area contributed by atoms with Crippen molar-refractivity contribution >= 4 is 0 Å². The molecule has 16 heavy (non-hydrogen) atoms. The molecule has 0 aromatic carbocycles. The van der Waals surface area contributed by atoms with Crippen LogP contribution in [0, 0.1) is 11.8 Å². The van der Waals surface area contributed by atoms with E-state index in [0.29, 0.717) is 5.54 Å². The van der Waals surface area contributed by atoms with Crippen molar-refractivity contribution in [3.05, 3.63) is 0 Å². The Hall–Kier alpha value is -0.0800. The van der Waals surface area contributed by atoms with Crippen molar-refractivity contribution in [2.45, 2.75) is 57.9 Å². The minimum atomic E-state index is 0.359. The fourth-order valence-electron chi connectivity index (χ4n) is 3.72. The third kappa shape index (κ3) is 2.43. The number of nitrogens with zero attached hydrogens (tertiary/aromatic N) is 1. The first-order valence-electron chi connectivity index (χ1n) is 7.11. The fraction of sp³-hybridized carbons (Fsp3) is 1.00. The Morgan fingerprint density at radius 1 is 1.12 bits per heavy atom. The third-order valence-corrected chi connectivity index (χ3v) is 4.90. The molecule has 2 fully saturated rings.